The monoisotopic (exact) mass is 190 g/mol. The van der Waals surface area contributed by atoms with Crippen molar-refractivity contribution in [3.8, 4) is 0 Å². The Kier molecular flexibility index (Phi) is 2.54. The lowest BCUT2D eigenvalue weighted by Crippen LogP contribution is -2.33. The molecule has 0 spiro atoms. The van der Waals surface area contributed by atoms with Crippen molar-refractivity contribution in [1.82, 2.24) is 4.90 Å². The first kappa shape index (κ1) is 8.86. The van der Waals surface area contributed by atoms with Gasteiger partial charge in [-0.25, -0.2) is 9.79 Å². The van der Waals surface area contributed by atoms with Crippen molar-refractivity contribution in [3.63, 3.8) is 0 Å². The van der Waals surface area contributed by atoms with Crippen LogP contribution in [0, 0.1) is 0 Å². The summed E-state index contributed by atoms with van der Waals surface area (Å²) in [6.45, 7) is 0.0993. The Bertz CT molecular complexity index is 262. The van der Waals surface area contributed by atoms with E-state index in [1.807, 2.05) is 0 Å². The lowest BCUT2D eigenvalue weighted by molar-refractivity contribution is 0.165. The largest absolute Gasteiger partial charge is 0.483 e. The van der Waals surface area contributed by atoms with E-state index in [0.717, 1.165) is 4.90 Å². The molecule has 1 aliphatic heterocycles. The van der Waals surface area contributed by atoms with Gasteiger partial charge >= 0.3 is 6.09 Å². The molecule has 0 aromatic heterocycles. The quantitative estimate of drug-likeness (QED) is 0.581. The fraction of sp³-hybridized carbons (Fsp3) is 0.333. The standard InChI is InChI=1S/C6H7ClN2O3/c1-12-5-3-9(6(10)11)2-4(7)8-5/h2H,3H2,1H3,(H,10,11). The number of carbonyl (C=O) groups is 1. The molecule has 0 unspecified atom stereocenters. The first-order valence-corrected chi connectivity index (χ1v) is 3.49. The molecule has 0 aromatic rings. The molecule has 1 N–H and O–H groups in total. The predicted molar refractivity (Wildman–Crippen MR) is 43.1 cm³/mol. The number of amides is 1. The van der Waals surface area contributed by atoms with E-state index in [0.29, 0.717) is 0 Å². The van der Waals surface area contributed by atoms with E-state index in [4.69, 9.17) is 21.4 Å². The summed E-state index contributed by atoms with van der Waals surface area (Å²) in [7, 11) is 1.41. The normalized spacial score (nSPS) is 16.7. The predicted octanol–water partition coefficient (Wildman–Crippen LogP) is 1.06. The maximum Gasteiger partial charge on any atom is 0.411 e. The molecule has 1 aliphatic rings. The third-order valence-corrected chi connectivity index (χ3v) is 1.46. The molecule has 1 rings (SSSR count). The molecule has 1 heterocycles. The van der Waals surface area contributed by atoms with E-state index < -0.39 is 6.09 Å². The summed E-state index contributed by atoms with van der Waals surface area (Å²) >= 11 is 5.52. The number of methoxy groups -OCH3 is 1. The van der Waals surface area contributed by atoms with E-state index in [2.05, 4.69) is 4.99 Å². The number of aliphatic imine (C=N–C) groups is 1. The van der Waals surface area contributed by atoms with E-state index in [1.54, 1.807) is 0 Å². The van der Waals surface area contributed by atoms with Gasteiger partial charge in [0.15, 0.2) is 0 Å². The maximum absolute atomic E-state index is 10.5. The second-order valence-corrected chi connectivity index (χ2v) is 2.46. The molecule has 0 saturated carbocycles. The first-order valence-electron chi connectivity index (χ1n) is 3.12. The second-order valence-electron chi connectivity index (χ2n) is 2.07. The van der Waals surface area contributed by atoms with Crippen molar-refractivity contribution in [2.75, 3.05) is 13.7 Å². The lowest BCUT2D eigenvalue weighted by atomic mass is 10.5. The zero-order valence-corrected chi connectivity index (χ0v) is 7.08. The van der Waals surface area contributed by atoms with Gasteiger partial charge in [0.25, 0.3) is 0 Å². The van der Waals surface area contributed by atoms with E-state index in [-0.39, 0.29) is 17.6 Å². The molecule has 0 fully saturated rings. The number of ether oxygens (including phenoxy) is 1. The van der Waals surface area contributed by atoms with Crippen LogP contribution in [0.15, 0.2) is 16.3 Å². The Hall–Kier alpha value is -1.23. The highest BCUT2D eigenvalue weighted by atomic mass is 35.5. The van der Waals surface area contributed by atoms with Crippen LogP contribution in [0.2, 0.25) is 0 Å². The highest BCUT2D eigenvalue weighted by Crippen LogP contribution is 2.12. The molecule has 0 bridgehead atoms. The molecular weight excluding hydrogens is 184 g/mol. The van der Waals surface area contributed by atoms with Gasteiger partial charge in [0.1, 0.15) is 11.7 Å². The molecule has 5 nitrogen and oxygen atoms in total. The molecule has 0 aliphatic carbocycles. The lowest BCUT2D eigenvalue weighted by Gasteiger charge is -2.18. The highest BCUT2D eigenvalue weighted by molar-refractivity contribution is 6.30. The van der Waals surface area contributed by atoms with Crippen LogP contribution in [0.3, 0.4) is 0 Å². The van der Waals surface area contributed by atoms with E-state index >= 15 is 0 Å². The average Bonchev–Trinajstić information content (AvgIpc) is 2.03. The smallest absolute Gasteiger partial charge is 0.411 e. The number of hydrogen-bond acceptors (Lipinski definition) is 3. The highest BCUT2D eigenvalue weighted by Gasteiger charge is 2.17. The Balaban J connectivity index is 2.78. The second kappa shape index (κ2) is 3.44. The molecule has 0 atom stereocenters. The average molecular weight is 191 g/mol. The maximum atomic E-state index is 10.5. The van der Waals surface area contributed by atoms with Crippen molar-refractivity contribution in [2.24, 2.45) is 4.99 Å². The zero-order valence-electron chi connectivity index (χ0n) is 6.32. The Morgan fingerprint density at radius 2 is 2.58 bits per heavy atom. The molecule has 66 valence electrons. The first-order chi connectivity index (χ1) is 5.63. The minimum absolute atomic E-state index is 0.0977. The van der Waals surface area contributed by atoms with Crippen LogP contribution in [-0.2, 0) is 4.74 Å². The summed E-state index contributed by atoms with van der Waals surface area (Å²) < 4.78 is 4.76. The van der Waals surface area contributed by atoms with Crippen molar-refractivity contribution in [3.05, 3.63) is 11.4 Å². The molecular formula is C6H7ClN2O3. The zero-order chi connectivity index (χ0) is 9.14. The number of carboxylic acid groups (broad SMARTS) is 1. The van der Waals surface area contributed by atoms with Crippen molar-refractivity contribution < 1.29 is 14.6 Å². The molecule has 0 saturated heterocycles. The van der Waals surface area contributed by atoms with Gasteiger partial charge in [0, 0.05) is 6.20 Å². The van der Waals surface area contributed by atoms with Gasteiger partial charge in [-0.1, -0.05) is 11.6 Å². The van der Waals surface area contributed by atoms with Gasteiger partial charge in [-0.15, -0.1) is 0 Å². The summed E-state index contributed by atoms with van der Waals surface area (Å²) in [6.07, 6.45) is 0.143. The third-order valence-electron chi connectivity index (χ3n) is 1.28. The minimum atomic E-state index is -1.09. The van der Waals surface area contributed by atoms with E-state index in [1.165, 1.54) is 13.3 Å². The summed E-state index contributed by atoms with van der Waals surface area (Å²) in [5, 5.41) is 8.68. The Morgan fingerprint density at radius 3 is 3.08 bits per heavy atom. The molecule has 0 radical (unpaired) electrons. The number of nitrogens with zero attached hydrogens (tertiary/aromatic N) is 2. The summed E-state index contributed by atoms with van der Waals surface area (Å²) in [5.74, 6) is 0.282. The number of rotatable bonds is 0. The van der Waals surface area contributed by atoms with Crippen LogP contribution >= 0.6 is 11.6 Å². The third kappa shape index (κ3) is 1.88. The molecule has 6 heteroatoms. The van der Waals surface area contributed by atoms with Crippen LogP contribution in [0.1, 0.15) is 0 Å². The Morgan fingerprint density at radius 1 is 1.92 bits per heavy atom. The van der Waals surface area contributed by atoms with Crippen molar-refractivity contribution in [2.45, 2.75) is 0 Å². The van der Waals surface area contributed by atoms with Gasteiger partial charge in [0.2, 0.25) is 5.90 Å². The van der Waals surface area contributed by atoms with Crippen LogP contribution in [0.5, 0.6) is 0 Å². The number of hydrogen-bond donors (Lipinski definition) is 1. The fourth-order valence-corrected chi connectivity index (χ4v) is 0.948. The summed E-state index contributed by atoms with van der Waals surface area (Å²) in [6, 6.07) is 0. The van der Waals surface area contributed by atoms with Crippen LogP contribution in [0.4, 0.5) is 4.79 Å². The molecule has 1 amide bonds. The van der Waals surface area contributed by atoms with Crippen molar-refractivity contribution >= 4 is 23.6 Å². The molecule has 0 aromatic carbocycles. The summed E-state index contributed by atoms with van der Waals surface area (Å²) in [4.78, 5) is 15.2. The van der Waals surface area contributed by atoms with Gasteiger partial charge in [0.05, 0.1) is 7.11 Å². The fourth-order valence-electron chi connectivity index (χ4n) is 0.736. The Labute approximate surface area is 73.9 Å². The SMILES string of the molecule is COC1=NC(Cl)=CN(C(=O)O)C1. The van der Waals surface area contributed by atoms with Gasteiger partial charge in [-0.05, 0) is 0 Å². The minimum Gasteiger partial charge on any atom is -0.483 e. The van der Waals surface area contributed by atoms with Gasteiger partial charge in [-0.2, -0.15) is 0 Å². The molecule has 12 heavy (non-hydrogen) atoms. The number of halogens is 1. The topological polar surface area (TPSA) is 62.1 Å². The van der Waals surface area contributed by atoms with Crippen LogP contribution < -0.4 is 0 Å². The van der Waals surface area contributed by atoms with Gasteiger partial charge < -0.3 is 9.84 Å². The van der Waals surface area contributed by atoms with Crippen molar-refractivity contribution in [1.29, 1.82) is 0 Å². The van der Waals surface area contributed by atoms with E-state index in [9.17, 15) is 4.79 Å². The summed E-state index contributed by atoms with van der Waals surface area (Å²) in [5.41, 5.74) is 0. The van der Waals surface area contributed by atoms with Crippen LogP contribution in [0.25, 0.3) is 0 Å². The van der Waals surface area contributed by atoms with Crippen LogP contribution in [-0.4, -0.2) is 35.7 Å². The van der Waals surface area contributed by atoms with Gasteiger partial charge in [-0.3, -0.25) is 4.90 Å².